The van der Waals surface area contributed by atoms with E-state index >= 15 is 0 Å². The molecule has 0 aliphatic carbocycles. The van der Waals surface area contributed by atoms with Crippen LogP contribution < -0.4 is 15.0 Å². The fourth-order valence-corrected chi connectivity index (χ4v) is 2.01. The lowest BCUT2D eigenvalue weighted by Gasteiger charge is -2.18. The molecule has 0 spiro atoms. The molecule has 0 aromatic heterocycles. The molecule has 0 aliphatic heterocycles. The van der Waals surface area contributed by atoms with E-state index in [2.05, 4.69) is 5.32 Å². The zero-order valence-electron chi connectivity index (χ0n) is 12.9. The number of halogens is 1. The summed E-state index contributed by atoms with van der Waals surface area (Å²) in [5, 5.41) is 3.28. The quantitative estimate of drug-likeness (QED) is 0.913. The number of nitrogens with one attached hydrogen (secondary N) is 1. The van der Waals surface area contributed by atoms with E-state index in [4.69, 9.17) is 16.3 Å². The highest BCUT2D eigenvalue weighted by atomic mass is 35.5. The Labute approximate surface area is 139 Å². The molecule has 0 saturated heterocycles. The summed E-state index contributed by atoms with van der Waals surface area (Å²) < 4.78 is 5.43. The van der Waals surface area contributed by atoms with Crippen molar-refractivity contribution in [1.29, 1.82) is 0 Å². The number of benzene rings is 2. The van der Waals surface area contributed by atoms with Crippen LogP contribution >= 0.6 is 11.6 Å². The van der Waals surface area contributed by atoms with Crippen molar-refractivity contribution in [1.82, 2.24) is 0 Å². The maximum absolute atomic E-state index is 12.2. The lowest BCUT2D eigenvalue weighted by Crippen LogP contribution is -2.31. The first-order chi connectivity index (χ1) is 11.0. The minimum atomic E-state index is -0.188. The Morgan fingerprint density at radius 2 is 1.70 bits per heavy atom. The van der Waals surface area contributed by atoms with Crippen molar-refractivity contribution in [2.24, 2.45) is 0 Å². The molecule has 0 radical (unpaired) electrons. The van der Waals surface area contributed by atoms with Crippen molar-refractivity contribution in [3.05, 3.63) is 53.6 Å². The van der Waals surface area contributed by atoms with Crippen molar-refractivity contribution in [3.63, 3.8) is 0 Å². The van der Waals surface area contributed by atoms with Crippen LogP contribution in [0, 0.1) is 0 Å². The van der Waals surface area contributed by atoms with Crippen LogP contribution in [0.3, 0.4) is 0 Å². The van der Waals surface area contributed by atoms with Crippen LogP contribution in [0.1, 0.15) is 6.92 Å². The van der Waals surface area contributed by atoms with E-state index in [1.807, 2.05) is 0 Å². The Morgan fingerprint density at radius 1 is 1.09 bits per heavy atom. The van der Waals surface area contributed by atoms with Crippen molar-refractivity contribution < 1.29 is 14.3 Å². The van der Waals surface area contributed by atoms with E-state index in [9.17, 15) is 9.59 Å². The van der Waals surface area contributed by atoms with Crippen molar-refractivity contribution >= 4 is 34.8 Å². The Bertz CT molecular complexity index is 684. The average molecular weight is 333 g/mol. The predicted molar refractivity (Wildman–Crippen MR) is 91.1 cm³/mol. The SMILES string of the molecule is CC(=O)Nc1ccc(N(C)C(=O)COc2ccc(Cl)cc2)cc1. The zero-order chi connectivity index (χ0) is 16.8. The molecule has 2 amide bonds. The van der Waals surface area contributed by atoms with E-state index in [0.717, 1.165) is 0 Å². The van der Waals surface area contributed by atoms with Gasteiger partial charge < -0.3 is 15.0 Å². The predicted octanol–water partition coefficient (Wildman–Crippen LogP) is 3.34. The summed E-state index contributed by atoms with van der Waals surface area (Å²) in [6, 6.07) is 13.8. The molecule has 0 saturated carbocycles. The second kappa shape index (κ2) is 7.65. The number of hydrogen-bond donors (Lipinski definition) is 1. The summed E-state index contributed by atoms with van der Waals surface area (Å²) >= 11 is 5.79. The molecule has 0 heterocycles. The van der Waals surface area contributed by atoms with Gasteiger partial charge in [0.05, 0.1) is 0 Å². The number of carbonyl (C=O) groups excluding carboxylic acids is 2. The van der Waals surface area contributed by atoms with E-state index < -0.39 is 0 Å². The minimum Gasteiger partial charge on any atom is -0.484 e. The maximum Gasteiger partial charge on any atom is 0.264 e. The second-order valence-corrected chi connectivity index (χ2v) is 5.36. The third-order valence-electron chi connectivity index (χ3n) is 3.13. The zero-order valence-corrected chi connectivity index (χ0v) is 13.6. The number of nitrogens with zero attached hydrogens (tertiary/aromatic N) is 1. The molecule has 5 nitrogen and oxygen atoms in total. The topological polar surface area (TPSA) is 58.6 Å². The number of ether oxygens (including phenoxy) is 1. The third-order valence-corrected chi connectivity index (χ3v) is 3.38. The van der Waals surface area contributed by atoms with Gasteiger partial charge in [-0.1, -0.05) is 11.6 Å². The summed E-state index contributed by atoms with van der Waals surface area (Å²) in [7, 11) is 1.67. The van der Waals surface area contributed by atoms with Crippen LogP contribution in [0.5, 0.6) is 5.75 Å². The van der Waals surface area contributed by atoms with Gasteiger partial charge in [0.2, 0.25) is 5.91 Å². The molecular weight excluding hydrogens is 316 g/mol. The molecule has 120 valence electrons. The third kappa shape index (κ3) is 5.00. The van der Waals surface area contributed by atoms with Crippen LogP contribution in [0.4, 0.5) is 11.4 Å². The van der Waals surface area contributed by atoms with Crippen LogP contribution in [0.15, 0.2) is 48.5 Å². The van der Waals surface area contributed by atoms with E-state index in [1.165, 1.54) is 11.8 Å². The van der Waals surface area contributed by atoms with Gasteiger partial charge in [0, 0.05) is 30.4 Å². The Balaban J connectivity index is 1.93. The lowest BCUT2D eigenvalue weighted by molar-refractivity contribution is -0.120. The molecule has 0 atom stereocenters. The van der Waals surface area contributed by atoms with Gasteiger partial charge in [0.1, 0.15) is 5.75 Å². The summed E-state index contributed by atoms with van der Waals surface area (Å²) in [6.45, 7) is 1.36. The molecule has 0 fully saturated rings. The Hall–Kier alpha value is -2.53. The van der Waals surface area contributed by atoms with Gasteiger partial charge in [-0.15, -0.1) is 0 Å². The number of amides is 2. The molecule has 1 N–H and O–H groups in total. The normalized spacial score (nSPS) is 10.0. The highest BCUT2D eigenvalue weighted by Gasteiger charge is 2.12. The fraction of sp³-hybridized carbons (Fsp3) is 0.176. The van der Waals surface area contributed by atoms with E-state index in [1.54, 1.807) is 55.6 Å². The highest BCUT2D eigenvalue weighted by molar-refractivity contribution is 6.30. The van der Waals surface area contributed by atoms with E-state index in [0.29, 0.717) is 22.1 Å². The minimum absolute atomic E-state index is 0.0778. The molecule has 2 rings (SSSR count). The summed E-state index contributed by atoms with van der Waals surface area (Å²) in [5.74, 6) is 0.253. The maximum atomic E-state index is 12.2. The Kier molecular flexibility index (Phi) is 5.60. The van der Waals surface area contributed by atoms with Gasteiger partial charge in [0.25, 0.3) is 5.91 Å². The van der Waals surface area contributed by atoms with Crippen molar-refractivity contribution in [3.8, 4) is 5.75 Å². The number of carbonyl (C=O) groups is 2. The van der Waals surface area contributed by atoms with Gasteiger partial charge >= 0.3 is 0 Å². The molecular formula is C17H17ClN2O3. The number of anilines is 2. The summed E-state index contributed by atoms with van der Waals surface area (Å²) in [5.41, 5.74) is 1.39. The lowest BCUT2D eigenvalue weighted by atomic mass is 10.2. The van der Waals surface area contributed by atoms with Crippen molar-refractivity contribution in [2.45, 2.75) is 6.92 Å². The van der Waals surface area contributed by atoms with Crippen LogP contribution in [0.25, 0.3) is 0 Å². The molecule has 0 bridgehead atoms. The van der Waals surface area contributed by atoms with Crippen LogP contribution in [0.2, 0.25) is 5.02 Å². The standard InChI is InChI=1S/C17H17ClN2O3/c1-12(21)19-14-5-7-15(8-6-14)20(2)17(22)11-23-16-9-3-13(18)4-10-16/h3-10H,11H2,1-2H3,(H,19,21). The van der Waals surface area contributed by atoms with Crippen LogP contribution in [-0.2, 0) is 9.59 Å². The van der Waals surface area contributed by atoms with Gasteiger partial charge in [-0.05, 0) is 48.5 Å². The van der Waals surface area contributed by atoms with E-state index in [-0.39, 0.29) is 18.4 Å². The van der Waals surface area contributed by atoms with Gasteiger partial charge in [0.15, 0.2) is 6.61 Å². The molecule has 2 aromatic carbocycles. The molecule has 2 aromatic rings. The monoisotopic (exact) mass is 332 g/mol. The number of hydrogen-bond acceptors (Lipinski definition) is 3. The summed E-state index contributed by atoms with van der Waals surface area (Å²) in [4.78, 5) is 24.6. The van der Waals surface area contributed by atoms with Gasteiger partial charge in [-0.3, -0.25) is 9.59 Å². The molecule has 23 heavy (non-hydrogen) atoms. The fourth-order valence-electron chi connectivity index (χ4n) is 1.89. The van der Waals surface area contributed by atoms with Crippen molar-refractivity contribution in [2.75, 3.05) is 23.9 Å². The first-order valence-corrected chi connectivity index (χ1v) is 7.36. The highest BCUT2D eigenvalue weighted by Crippen LogP contribution is 2.18. The molecule has 0 unspecified atom stereocenters. The first-order valence-electron chi connectivity index (χ1n) is 6.98. The smallest absolute Gasteiger partial charge is 0.264 e. The van der Waals surface area contributed by atoms with Crippen LogP contribution in [-0.4, -0.2) is 25.5 Å². The average Bonchev–Trinajstić information content (AvgIpc) is 2.53. The van der Waals surface area contributed by atoms with Gasteiger partial charge in [-0.2, -0.15) is 0 Å². The number of rotatable bonds is 5. The summed E-state index contributed by atoms with van der Waals surface area (Å²) in [6.07, 6.45) is 0. The second-order valence-electron chi connectivity index (χ2n) is 4.92. The molecule has 0 aliphatic rings. The largest absolute Gasteiger partial charge is 0.484 e. The molecule has 6 heteroatoms. The Morgan fingerprint density at radius 3 is 2.26 bits per heavy atom. The van der Waals surface area contributed by atoms with Gasteiger partial charge in [-0.25, -0.2) is 0 Å². The number of likely N-dealkylation sites (N-methyl/N-ethyl adjacent to an activating group) is 1. The first kappa shape index (κ1) is 16.8.